The van der Waals surface area contributed by atoms with E-state index in [2.05, 4.69) is 57.8 Å². The molecule has 0 radical (unpaired) electrons. The second kappa shape index (κ2) is 8.00. The summed E-state index contributed by atoms with van der Waals surface area (Å²) in [5, 5.41) is 9.64. The third kappa shape index (κ3) is 3.49. The van der Waals surface area contributed by atoms with Gasteiger partial charge in [-0.2, -0.15) is 5.26 Å². The van der Waals surface area contributed by atoms with Crippen molar-refractivity contribution in [2.45, 2.75) is 25.2 Å². The molecule has 0 unspecified atom stereocenters. The van der Waals surface area contributed by atoms with E-state index in [-0.39, 0.29) is 17.2 Å². The SMILES string of the molecule is C=CCOc1c(I)cc([C@@H]2C(C#N)=C(N)OC3=C2C(=O)CCC3)cc1I. The molecule has 1 aromatic rings. The molecule has 5 nitrogen and oxygen atoms in total. The van der Waals surface area contributed by atoms with Crippen molar-refractivity contribution in [2.75, 3.05) is 6.61 Å². The number of hydrogen-bond acceptors (Lipinski definition) is 5. The normalized spacial score (nSPS) is 19.6. The number of nitrogens with zero attached hydrogens (tertiary/aromatic N) is 1. The molecule has 26 heavy (non-hydrogen) atoms. The van der Waals surface area contributed by atoms with Crippen LogP contribution in [0.4, 0.5) is 0 Å². The first-order valence-electron chi connectivity index (χ1n) is 8.04. The van der Waals surface area contributed by atoms with E-state index in [9.17, 15) is 10.1 Å². The van der Waals surface area contributed by atoms with Gasteiger partial charge < -0.3 is 15.2 Å². The Balaban J connectivity index is 2.14. The van der Waals surface area contributed by atoms with Gasteiger partial charge in [-0.1, -0.05) is 12.7 Å². The molecule has 1 aliphatic heterocycles. The highest BCUT2D eigenvalue weighted by atomic mass is 127. The maximum atomic E-state index is 12.6. The van der Waals surface area contributed by atoms with Crippen molar-refractivity contribution in [3.8, 4) is 11.8 Å². The summed E-state index contributed by atoms with van der Waals surface area (Å²) in [5.41, 5.74) is 7.68. The van der Waals surface area contributed by atoms with E-state index in [0.29, 0.717) is 30.8 Å². The molecule has 0 spiro atoms. The Hall–Kier alpha value is -1.54. The third-order valence-electron chi connectivity index (χ3n) is 4.30. The minimum absolute atomic E-state index is 0.0218. The van der Waals surface area contributed by atoms with Gasteiger partial charge in [0.1, 0.15) is 29.8 Å². The Morgan fingerprint density at radius 3 is 2.69 bits per heavy atom. The molecule has 1 atom stereocenters. The fourth-order valence-corrected chi connectivity index (χ4v) is 5.34. The maximum Gasteiger partial charge on any atom is 0.205 e. The fourth-order valence-electron chi connectivity index (χ4n) is 3.22. The summed E-state index contributed by atoms with van der Waals surface area (Å²) in [6, 6.07) is 6.01. The third-order valence-corrected chi connectivity index (χ3v) is 5.91. The highest BCUT2D eigenvalue weighted by molar-refractivity contribution is 14.1. The van der Waals surface area contributed by atoms with Crippen molar-refractivity contribution >= 4 is 51.0 Å². The summed E-state index contributed by atoms with van der Waals surface area (Å²) >= 11 is 4.40. The van der Waals surface area contributed by atoms with Crippen molar-refractivity contribution < 1.29 is 14.3 Å². The average Bonchev–Trinajstić information content (AvgIpc) is 2.60. The highest BCUT2D eigenvalue weighted by Crippen LogP contribution is 2.45. The standard InChI is InChI=1S/C19H16I2N2O3/c1-2-6-25-18-12(20)7-10(8-13(18)21)16-11(9-22)19(23)26-15-5-3-4-14(24)17(15)16/h2,7-8,16H,1,3-6,23H2/t16-/m1/s1. The van der Waals surface area contributed by atoms with Crippen LogP contribution in [-0.4, -0.2) is 12.4 Å². The lowest BCUT2D eigenvalue weighted by Crippen LogP contribution is -2.27. The van der Waals surface area contributed by atoms with Gasteiger partial charge in [-0.15, -0.1) is 0 Å². The molecule has 0 amide bonds. The van der Waals surface area contributed by atoms with Crippen molar-refractivity contribution in [1.29, 1.82) is 5.26 Å². The second-order valence-corrected chi connectivity index (χ2v) is 8.28. The lowest BCUT2D eigenvalue weighted by Gasteiger charge is -2.31. The molecular formula is C19H16I2N2O3. The van der Waals surface area contributed by atoms with Crippen LogP contribution in [0, 0.1) is 18.5 Å². The molecule has 2 N–H and O–H groups in total. The van der Waals surface area contributed by atoms with E-state index in [1.165, 1.54) is 0 Å². The lowest BCUT2D eigenvalue weighted by molar-refractivity contribution is -0.116. The van der Waals surface area contributed by atoms with E-state index in [1.807, 2.05) is 12.1 Å². The molecule has 1 heterocycles. The Kier molecular flexibility index (Phi) is 5.92. The summed E-state index contributed by atoms with van der Waals surface area (Å²) in [6.07, 6.45) is 3.55. The Bertz CT molecular complexity index is 874. The van der Waals surface area contributed by atoms with Crippen LogP contribution >= 0.6 is 45.2 Å². The molecule has 134 valence electrons. The van der Waals surface area contributed by atoms with Crippen LogP contribution < -0.4 is 10.5 Å². The first-order valence-corrected chi connectivity index (χ1v) is 10.2. The van der Waals surface area contributed by atoms with E-state index in [0.717, 1.165) is 24.9 Å². The quantitative estimate of drug-likeness (QED) is 0.429. The summed E-state index contributed by atoms with van der Waals surface area (Å²) in [6.45, 7) is 4.07. The van der Waals surface area contributed by atoms with Crippen LogP contribution in [0.3, 0.4) is 0 Å². The molecule has 0 fully saturated rings. The molecular weight excluding hydrogens is 558 g/mol. The second-order valence-electron chi connectivity index (χ2n) is 5.95. The molecule has 3 rings (SSSR count). The van der Waals surface area contributed by atoms with Crippen molar-refractivity contribution in [3.05, 3.63) is 60.3 Å². The summed E-state index contributed by atoms with van der Waals surface area (Å²) in [7, 11) is 0. The molecule has 0 bridgehead atoms. The number of allylic oxidation sites excluding steroid dienone is 3. The monoisotopic (exact) mass is 574 g/mol. The van der Waals surface area contributed by atoms with Crippen LogP contribution in [-0.2, 0) is 9.53 Å². The number of carbonyl (C=O) groups is 1. The van der Waals surface area contributed by atoms with Crippen LogP contribution in [0.5, 0.6) is 5.75 Å². The number of ether oxygens (including phenoxy) is 2. The molecule has 0 saturated carbocycles. The largest absolute Gasteiger partial charge is 0.487 e. The van der Waals surface area contributed by atoms with Gasteiger partial charge in [0.05, 0.1) is 13.1 Å². The minimum Gasteiger partial charge on any atom is -0.487 e. The predicted octanol–water partition coefficient (Wildman–Crippen LogP) is 4.28. The number of benzene rings is 1. The number of nitrogens with two attached hydrogens (primary N) is 1. The van der Waals surface area contributed by atoms with Crippen molar-refractivity contribution in [1.82, 2.24) is 0 Å². The molecule has 0 saturated heterocycles. The first-order chi connectivity index (χ1) is 12.5. The topological polar surface area (TPSA) is 85.3 Å². The van der Waals surface area contributed by atoms with Gasteiger partial charge in [0.2, 0.25) is 5.88 Å². The van der Waals surface area contributed by atoms with E-state index >= 15 is 0 Å². The van der Waals surface area contributed by atoms with E-state index in [4.69, 9.17) is 15.2 Å². The van der Waals surface area contributed by atoms with Crippen LogP contribution in [0.2, 0.25) is 0 Å². The number of rotatable bonds is 4. The summed E-state index contributed by atoms with van der Waals surface area (Å²) < 4.78 is 13.1. The molecule has 7 heteroatoms. The Labute approximate surface area is 179 Å². The molecule has 2 aliphatic rings. The van der Waals surface area contributed by atoms with Gasteiger partial charge in [0.15, 0.2) is 5.78 Å². The van der Waals surface area contributed by atoms with E-state index < -0.39 is 5.92 Å². The zero-order valence-corrected chi connectivity index (χ0v) is 18.2. The number of Topliss-reactive ketones (excluding diaryl/α,β-unsaturated/α-hetero) is 1. The van der Waals surface area contributed by atoms with E-state index in [1.54, 1.807) is 6.08 Å². The number of carbonyl (C=O) groups excluding carboxylic acids is 1. The first kappa shape index (κ1) is 19.2. The van der Waals surface area contributed by atoms with Gasteiger partial charge in [-0.05, 0) is 69.3 Å². The maximum absolute atomic E-state index is 12.6. The Morgan fingerprint density at radius 2 is 2.08 bits per heavy atom. The van der Waals surface area contributed by atoms with Gasteiger partial charge in [-0.3, -0.25) is 4.79 Å². The fraction of sp³-hybridized carbons (Fsp3) is 0.263. The molecule has 1 aliphatic carbocycles. The van der Waals surface area contributed by atoms with Crippen LogP contribution in [0.25, 0.3) is 0 Å². The van der Waals surface area contributed by atoms with Gasteiger partial charge in [-0.25, -0.2) is 0 Å². The smallest absolute Gasteiger partial charge is 0.205 e. The van der Waals surface area contributed by atoms with Gasteiger partial charge in [0, 0.05) is 18.4 Å². The Morgan fingerprint density at radius 1 is 1.38 bits per heavy atom. The van der Waals surface area contributed by atoms with Crippen LogP contribution in [0.15, 0.2) is 47.6 Å². The number of halogens is 2. The van der Waals surface area contributed by atoms with Gasteiger partial charge in [0.25, 0.3) is 0 Å². The van der Waals surface area contributed by atoms with Crippen molar-refractivity contribution in [2.24, 2.45) is 5.73 Å². The molecule has 0 aromatic heterocycles. The number of hydrogen-bond donors (Lipinski definition) is 1. The summed E-state index contributed by atoms with van der Waals surface area (Å²) in [5.74, 6) is 0.977. The van der Waals surface area contributed by atoms with Gasteiger partial charge >= 0.3 is 0 Å². The van der Waals surface area contributed by atoms with Crippen LogP contribution in [0.1, 0.15) is 30.7 Å². The lowest BCUT2D eigenvalue weighted by atomic mass is 9.77. The molecule has 1 aromatic carbocycles. The number of nitriles is 1. The van der Waals surface area contributed by atoms with Crippen molar-refractivity contribution in [3.63, 3.8) is 0 Å². The summed E-state index contributed by atoms with van der Waals surface area (Å²) in [4.78, 5) is 12.6. The minimum atomic E-state index is -0.493. The zero-order valence-electron chi connectivity index (χ0n) is 13.9. The predicted molar refractivity (Wildman–Crippen MR) is 114 cm³/mol. The average molecular weight is 574 g/mol. The number of ketones is 1. The highest BCUT2D eigenvalue weighted by Gasteiger charge is 2.38. The zero-order chi connectivity index (χ0) is 18.8.